The van der Waals surface area contributed by atoms with E-state index in [4.69, 9.17) is 5.11 Å². The predicted molar refractivity (Wildman–Crippen MR) is 83.2 cm³/mol. The van der Waals surface area contributed by atoms with Crippen molar-refractivity contribution in [3.05, 3.63) is 35.7 Å². The van der Waals surface area contributed by atoms with Crippen LogP contribution in [0.5, 0.6) is 0 Å². The summed E-state index contributed by atoms with van der Waals surface area (Å²) in [7, 11) is 0. The molecule has 0 amide bonds. The Morgan fingerprint density at radius 2 is 1.86 bits per heavy atom. The quantitative estimate of drug-likeness (QED) is 0.879. The molecule has 1 aromatic heterocycles. The van der Waals surface area contributed by atoms with Gasteiger partial charge in [0.1, 0.15) is 5.82 Å². The van der Waals surface area contributed by atoms with E-state index in [-0.39, 0.29) is 11.2 Å². The molecule has 1 N–H and O–H groups in total. The van der Waals surface area contributed by atoms with Gasteiger partial charge >= 0.3 is 5.97 Å². The van der Waals surface area contributed by atoms with E-state index in [0.717, 1.165) is 11.5 Å². The van der Waals surface area contributed by atoms with Crippen LogP contribution >= 0.6 is 11.8 Å². The molecule has 6 heteroatoms. The summed E-state index contributed by atoms with van der Waals surface area (Å²) in [5.74, 6) is -0.0799. The lowest BCUT2D eigenvalue weighted by molar-refractivity contribution is -0.133. The lowest BCUT2D eigenvalue weighted by Crippen LogP contribution is -2.18. The molecule has 0 spiro atoms. The fourth-order valence-corrected chi connectivity index (χ4v) is 2.57. The second-order valence-electron chi connectivity index (χ2n) is 5.91. The summed E-state index contributed by atoms with van der Waals surface area (Å²) in [4.78, 5) is 10.8. The summed E-state index contributed by atoms with van der Waals surface area (Å²) < 4.78 is 1.94. The van der Waals surface area contributed by atoms with E-state index >= 15 is 0 Å². The maximum Gasteiger partial charge on any atom is 0.313 e. The number of aryl methyl sites for hydroxylation is 1. The summed E-state index contributed by atoms with van der Waals surface area (Å²) in [6.07, 6.45) is 0. The molecule has 0 saturated heterocycles. The van der Waals surface area contributed by atoms with Gasteiger partial charge in [-0.3, -0.25) is 9.36 Å². The second kappa shape index (κ2) is 5.89. The van der Waals surface area contributed by atoms with Crippen LogP contribution in [0.3, 0.4) is 0 Å². The van der Waals surface area contributed by atoms with Crippen molar-refractivity contribution in [1.29, 1.82) is 0 Å². The highest BCUT2D eigenvalue weighted by molar-refractivity contribution is 7.99. The molecule has 0 fully saturated rings. The van der Waals surface area contributed by atoms with Crippen LogP contribution in [0.2, 0.25) is 0 Å². The van der Waals surface area contributed by atoms with Gasteiger partial charge in [-0.1, -0.05) is 50.2 Å². The van der Waals surface area contributed by atoms with Crippen LogP contribution in [0.25, 0.3) is 5.69 Å². The fraction of sp³-hybridized carbons (Fsp3) is 0.400. The van der Waals surface area contributed by atoms with Crippen molar-refractivity contribution in [2.75, 3.05) is 5.75 Å². The Kier molecular flexibility index (Phi) is 4.37. The minimum Gasteiger partial charge on any atom is -0.481 e. The zero-order valence-electron chi connectivity index (χ0n) is 12.6. The van der Waals surface area contributed by atoms with Crippen LogP contribution in [0.1, 0.15) is 32.2 Å². The van der Waals surface area contributed by atoms with E-state index in [1.807, 2.05) is 35.8 Å². The molecular formula is C15H19N3O2S. The summed E-state index contributed by atoms with van der Waals surface area (Å²) >= 11 is 1.18. The third kappa shape index (κ3) is 3.64. The molecule has 21 heavy (non-hydrogen) atoms. The number of carbonyl (C=O) groups is 1. The number of carboxylic acids is 1. The molecule has 112 valence electrons. The van der Waals surface area contributed by atoms with E-state index in [9.17, 15) is 4.79 Å². The molecule has 0 aliphatic rings. The summed E-state index contributed by atoms with van der Waals surface area (Å²) in [6.45, 7) is 8.22. The van der Waals surface area contributed by atoms with Crippen LogP contribution in [0.15, 0.2) is 29.4 Å². The molecule has 0 saturated carbocycles. The van der Waals surface area contributed by atoms with Crippen LogP contribution in [-0.4, -0.2) is 31.6 Å². The second-order valence-corrected chi connectivity index (χ2v) is 6.85. The molecular weight excluding hydrogens is 286 g/mol. The van der Waals surface area contributed by atoms with Gasteiger partial charge < -0.3 is 5.11 Å². The lowest BCUT2D eigenvalue weighted by Gasteiger charge is -2.19. The van der Waals surface area contributed by atoms with Crippen molar-refractivity contribution in [2.24, 2.45) is 0 Å². The summed E-state index contributed by atoms with van der Waals surface area (Å²) in [5.41, 5.74) is 1.94. The third-order valence-corrected chi connectivity index (χ3v) is 3.83. The van der Waals surface area contributed by atoms with E-state index in [1.54, 1.807) is 0 Å². The number of aromatic nitrogens is 3. The average molecular weight is 305 g/mol. The highest BCUT2D eigenvalue weighted by Gasteiger charge is 2.25. The first kappa shape index (κ1) is 15.6. The van der Waals surface area contributed by atoms with Crippen molar-refractivity contribution in [2.45, 2.75) is 38.3 Å². The average Bonchev–Trinajstić information content (AvgIpc) is 2.81. The number of aliphatic carboxylic acids is 1. The molecule has 0 bridgehead atoms. The van der Waals surface area contributed by atoms with Crippen LogP contribution < -0.4 is 0 Å². The van der Waals surface area contributed by atoms with Gasteiger partial charge in [0.05, 0.1) is 5.75 Å². The molecule has 2 rings (SSSR count). The molecule has 0 aliphatic carbocycles. The summed E-state index contributed by atoms with van der Waals surface area (Å²) in [5, 5.41) is 17.9. The Labute approximate surface area is 128 Å². The number of nitrogens with zero attached hydrogens (tertiary/aromatic N) is 3. The predicted octanol–water partition coefficient (Wildman–Crippen LogP) is 3.05. The van der Waals surface area contributed by atoms with Crippen molar-refractivity contribution in [3.8, 4) is 5.69 Å². The van der Waals surface area contributed by atoms with E-state index in [1.165, 1.54) is 17.3 Å². The van der Waals surface area contributed by atoms with Crippen LogP contribution in [0, 0.1) is 6.92 Å². The van der Waals surface area contributed by atoms with E-state index in [2.05, 4.69) is 31.0 Å². The standard InChI is InChI=1S/C15H19N3O2S/c1-10-5-7-11(8-6-10)18-13(15(2,3)4)16-17-14(18)21-9-12(19)20/h5-8H,9H2,1-4H3,(H,19,20). The van der Waals surface area contributed by atoms with Gasteiger partial charge in [-0.05, 0) is 19.1 Å². The Morgan fingerprint density at radius 3 is 2.38 bits per heavy atom. The summed E-state index contributed by atoms with van der Waals surface area (Å²) in [6, 6.07) is 8.04. The largest absolute Gasteiger partial charge is 0.481 e. The van der Waals surface area contributed by atoms with Gasteiger partial charge in [-0.2, -0.15) is 0 Å². The molecule has 0 aliphatic heterocycles. The molecule has 0 radical (unpaired) electrons. The Hall–Kier alpha value is -1.82. The molecule has 0 atom stereocenters. The van der Waals surface area contributed by atoms with Gasteiger partial charge in [-0.15, -0.1) is 10.2 Å². The smallest absolute Gasteiger partial charge is 0.313 e. The highest BCUT2D eigenvalue weighted by Crippen LogP contribution is 2.28. The van der Waals surface area contributed by atoms with Crippen molar-refractivity contribution < 1.29 is 9.90 Å². The van der Waals surface area contributed by atoms with Crippen molar-refractivity contribution >= 4 is 17.7 Å². The van der Waals surface area contributed by atoms with Crippen molar-refractivity contribution in [1.82, 2.24) is 14.8 Å². The maximum absolute atomic E-state index is 10.8. The lowest BCUT2D eigenvalue weighted by atomic mass is 9.95. The SMILES string of the molecule is Cc1ccc(-n2c(SCC(=O)O)nnc2C(C)(C)C)cc1. The third-order valence-electron chi connectivity index (χ3n) is 2.92. The van der Waals surface area contributed by atoms with Gasteiger partial charge in [0.15, 0.2) is 5.16 Å². The number of carboxylic acid groups (broad SMARTS) is 1. The number of benzene rings is 1. The van der Waals surface area contributed by atoms with Gasteiger partial charge in [-0.25, -0.2) is 0 Å². The highest BCUT2D eigenvalue weighted by atomic mass is 32.2. The minimum absolute atomic E-state index is 0.0336. The Balaban J connectivity index is 2.50. The molecule has 5 nitrogen and oxygen atoms in total. The van der Waals surface area contributed by atoms with E-state index < -0.39 is 5.97 Å². The van der Waals surface area contributed by atoms with Crippen LogP contribution in [0.4, 0.5) is 0 Å². The molecule has 1 aromatic carbocycles. The topological polar surface area (TPSA) is 68.0 Å². The van der Waals surface area contributed by atoms with Crippen LogP contribution in [-0.2, 0) is 10.2 Å². The zero-order chi connectivity index (χ0) is 15.6. The molecule has 2 aromatic rings. The first-order valence-electron chi connectivity index (χ1n) is 6.66. The monoisotopic (exact) mass is 305 g/mol. The first-order valence-corrected chi connectivity index (χ1v) is 7.65. The zero-order valence-corrected chi connectivity index (χ0v) is 13.4. The fourth-order valence-electron chi connectivity index (χ4n) is 1.90. The van der Waals surface area contributed by atoms with Crippen molar-refractivity contribution in [3.63, 3.8) is 0 Å². The normalized spacial score (nSPS) is 11.6. The van der Waals surface area contributed by atoms with Gasteiger partial charge in [0, 0.05) is 11.1 Å². The van der Waals surface area contributed by atoms with Gasteiger partial charge in [0.2, 0.25) is 0 Å². The van der Waals surface area contributed by atoms with E-state index in [0.29, 0.717) is 5.16 Å². The number of hydrogen-bond acceptors (Lipinski definition) is 4. The minimum atomic E-state index is -0.865. The first-order chi connectivity index (χ1) is 9.79. The number of thioether (sulfide) groups is 1. The Morgan fingerprint density at radius 1 is 1.24 bits per heavy atom. The molecule has 1 heterocycles. The van der Waals surface area contributed by atoms with Gasteiger partial charge in [0.25, 0.3) is 0 Å². The number of rotatable bonds is 4. The Bertz CT molecular complexity index is 642. The molecule has 0 unspecified atom stereocenters. The number of hydrogen-bond donors (Lipinski definition) is 1. The maximum atomic E-state index is 10.8.